The molecule has 7 heteroatoms. The molecule has 1 aliphatic heterocycles. The molecule has 0 saturated carbocycles. The Morgan fingerprint density at radius 3 is 2.84 bits per heavy atom. The van der Waals surface area contributed by atoms with Crippen LogP contribution in [0, 0.1) is 0 Å². The molecule has 1 heterocycles. The number of benzene rings is 1. The predicted molar refractivity (Wildman–Crippen MR) is 66.6 cm³/mol. The molecule has 0 aliphatic carbocycles. The number of nitrogens with two attached hydrogens (primary N) is 1. The molecule has 0 spiro atoms. The summed E-state index contributed by atoms with van der Waals surface area (Å²) in [6.45, 7) is -0.866. The second kappa shape index (κ2) is 4.94. The summed E-state index contributed by atoms with van der Waals surface area (Å²) in [5.74, 6) is -3.21. The van der Waals surface area contributed by atoms with E-state index < -0.39 is 30.6 Å². The summed E-state index contributed by atoms with van der Waals surface area (Å²) in [7, 11) is 0. The van der Waals surface area contributed by atoms with Gasteiger partial charge in [-0.3, -0.25) is 4.90 Å². The van der Waals surface area contributed by atoms with Gasteiger partial charge < -0.3 is 10.8 Å². The largest absolute Gasteiger partial charge is 0.465 e. The monoisotopic (exact) mass is 290 g/mol. The average Bonchev–Trinajstić information content (AvgIpc) is 2.53. The molecule has 0 unspecified atom stereocenters. The molecule has 3 N–H and O–H groups in total. The fourth-order valence-corrected chi connectivity index (χ4v) is 2.49. The first-order valence-corrected chi connectivity index (χ1v) is 6.06. The molecule has 2 rings (SSSR count). The molecule has 0 radical (unpaired) electrons. The van der Waals surface area contributed by atoms with Gasteiger partial charge in [-0.1, -0.05) is 23.7 Å². The quantitative estimate of drug-likeness (QED) is 0.877. The van der Waals surface area contributed by atoms with E-state index in [1.807, 2.05) is 0 Å². The van der Waals surface area contributed by atoms with Crippen molar-refractivity contribution in [3.05, 3.63) is 34.9 Å². The van der Waals surface area contributed by atoms with E-state index in [0.717, 1.165) is 0 Å². The van der Waals surface area contributed by atoms with Crippen LogP contribution in [0.1, 0.15) is 5.56 Å². The molecule has 0 bridgehead atoms. The number of amides is 1. The summed E-state index contributed by atoms with van der Waals surface area (Å²) in [6, 6.07) is 4.19. The Morgan fingerprint density at radius 1 is 1.58 bits per heavy atom. The van der Waals surface area contributed by atoms with E-state index in [4.69, 9.17) is 22.4 Å². The third-order valence-corrected chi connectivity index (χ3v) is 3.50. The highest BCUT2D eigenvalue weighted by molar-refractivity contribution is 6.30. The SMILES string of the molecule is N[C@@H]1[C@H](Cc2cccc(Cl)c2)N(C(=O)O)CC1(F)F. The minimum atomic E-state index is -3.21. The number of rotatable bonds is 2. The van der Waals surface area contributed by atoms with Crippen molar-refractivity contribution in [2.75, 3.05) is 6.54 Å². The van der Waals surface area contributed by atoms with Crippen molar-refractivity contribution in [3.63, 3.8) is 0 Å². The van der Waals surface area contributed by atoms with Gasteiger partial charge in [-0.2, -0.15) is 0 Å². The van der Waals surface area contributed by atoms with Gasteiger partial charge in [0.2, 0.25) is 0 Å². The molecule has 19 heavy (non-hydrogen) atoms. The van der Waals surface area contributed by atoms with Crippen molar-refractivity contribution in [1.29, 1.82) is 0 Å². The average molecular weight is 291 g/mol. The van der Waals surface area contributed by atoms with E-state index in [1.165, 1.54) is 0 Å². The van der Waals surface area contributed by atoms with Crippen LogP contribution < -0.4 is 5.73 Å². The van der Waals surface area contributed by atoms with Crippen LogP contribution in [0.4, 0.5) is 13.6 Å². The maximum atomic E-state index is 13.5. The van der Waals surface area contributed by atoms with Crippen LogP contribution in [-0.4, -0.2) is 40.7 Å². The van der Waals surface area contributed by atoms with Crippen molar-refractivity contribution in [2.45, 2.75) is 24.4 Å². The van der Waals surface area contributed by atoms with E-state index in [0.29, 0.717) is 15.5 Å². The Hall–Kier alpha value is -1.40. The van der Waals surface area contributed by atoms with Gasteiger partial charge in [0.15, 0.2) is 0 Å². The first kappa shape index (κ1) is 14.0. The van der Waals surface area contributed by atoms with Gasteiger partial charge >= 0.3 is 6.09 Å². The molecule has 1 saturated heterocycles. The second-order valence-corrected chi connectivity index (χ2v) is 5.04. The van der Waals surface area contributed by atoms with Gasteiger partial charge in [0.25, 0.3) is 5.92 Å². The van der Waals surface area contributed by atoms with Gasteiger partial charge in [0, 0.05) is 5.02 Å². The van der Waals surface area contributed by atoms with Crippen LogP contribution in [0.3, 0.4) is 0 Å². The van der Waals surface area contributed by atoms with Gasteiger partial charge in [0.1, 0.15) is 0 Å². The third kappa shape index (κ3) is 2.79. The third-order valence-electron chi connectivity index (χ3n) is 3.26. The number of likely N-dealkylation sites (tertiary alicyclic amines) is 1. The van der Waals surface area contributed by atoms with E-state index in [2.05, 4.69) is 0 Å². The molecular formula is C12H13ClF2N2O2. The zero-order valence-corrected chi connectivity index (χ0v) is 10.6. The smallest absolute Gasteiger partial charge is 0.407 e. The lowest BCUT2D eigenvalue weighted by molar-refractivity contribution is -0.00118. The molecule has 1 fully saturated rings. The van der Waals surface area contributed by atoms with Crippen LogP contribution >= 0.6 is 11.6 Å². The molecule has 1 aromatic carbocycles. The Bertz CT molecular complexity index is 498. The number of nitrogens with zero attached hydrogens (tertiary/aromatic N) is 1. The zero-order valence-electron chi connectivity index (χ0n) is 9.89. The van der Waals surface area contributed by atoms with Gasteiger partial charge in [-0.15, -0.1) is 0 Å². The zero-order chi connectivity index (χ0) is 14.2. The maximum Gasteiger partial charge on any atom is 0.407 e. The standard InChI is InChI=1S/C12H13ClF2N2O2/c13-8-3-1-2-7(4-8)5-9-10(16)12(14,15)6-17(9)11(18)19/h1-4,9-10H,5-6,16H2,(H,18,19)/t9-,10+/m0/s1. The van der Waals surface area contributed by atoms with Crippen molar-refractivity contribution in [2.24, 2.45) is 5.73 Å². The van der Waals surface area contributed by atoms with E-state index in [1.54, 1.807) is 24.3 Å². The topological polar surface area (TPSA) is 66.6 Å². The van der Waals surface area contributed by atoms with Crippen LogP contribution in [0.5, 0.6) is 0 Å². The van der Waals surface area contributed by atoms with Crippen molar-refractivity contribution in [1.82, 2.24) is 4.90 Å². The lowest BCUT2D eigenvalue weighted by Gasteiger charge is -2.23. The molecular weight excluding hydrogens is 278 g/mol. The van der Waals surface area contributed by atoms with E-state index in [9.17, 15) is 13.6 Å². The predicted octanol–water partition coefficient (Wildman–Crippen LogP) is 2.21. The van der Waals surface area contributed by atoms with Crippen LogP contribution in [0.25, 0.3) is 0 Å². The summed E-state index contributed by atoms with van der Waals surface area (Å²) >= 11 is 5.81. The summed E-state index contributed by atoms with van der Waals surface area (Å²) in [5, 5.41) is 9.45. The molecule has 2 atom stereocenters. The van der Waals surface area contributed by atoms with Crippen LogP contribution in [0.2, 0.25) is 5.02 Å². The molecule has 1 amide bonds. The highest BCUT2D eigenvalue weighted by Crippen LogP contribution is 2.33. The Kier molecular flexibility index (Phi) is 3.64. The second-order valence-electron chi connectivity index (χ2n) is 4.60. The normalized spacial score (nSPS) is 25.6. The summed E-state index contributed by atoms with van der Waals surface area (Å²) in [4.78, 5) is 11.7. The number of carboxylic acid groups (broad SMARTS) is 1. The minimum Gasteiger partial charge on any atom is -0.465 e. The number of halogens is 3. The van der Waals surface area contributed by atoms with E-state index in [-0.39, 0.29) is 6.42 Å². The lowest BCUT2D eigenvalue weighted by Crippen LogP contribution is -2.46. The highest BCUT2D eigenvalue weighted by Gasteiger charge is 2.54. The van der Waals surface area contributed by atoms with Gasteiger partial charge in [-0.05, 0) is 24.1 Å². The number of carbonyl (C=O) groups is 1. The van der Waals surface area contributed by atoms with Crippen molar-refractivity contribution < 1.29 is 18.7 Å². The Morgan fingerprint density at radius 2 is 2.26 bits per heavy atom. The number of hydrogen-bond donors (Lipinski definition) is 2. The molecule has 1 aromatic rings. The van der Waals surface area contributed by atoms with Crippen molar-refractivity contribution in [3.8, 4) is 0 Å². The van der Waals surface area contributed by atoms with Crippen molar-refractivity contribution >= 4 is 17.7 Å². The van der Waals surface area contributed by atoms with Crippen LogP contribution in [0.15, 0.2) is 24.3 Å². The molecule has 4 nitrogen and oxygen atoms in total. The highest BCUT2D eigenvalue weighted by atomic mass is 35.5. The first-order valence-electron chi connectivity index (χ1n) is 5.68. The van der Waals surface area contributed by atoms with Gasteiger partial charge in [0.05, 0.1) is 18.6 Å². The Labute approximate surface area is 113 Å². The number of alkyl halides is 2. The summed E-state index contributed by atoms with van der Waals surface area (Å²) in [5.41, 5.74) is 6.16. The first-order chi connectivity index (χ1) is 8.81. The fourth-order valence-electron chi connectivity index (χ4n) is 2.28. The van der Waals surface area contributed by atoms with Crippen LogP contribution in [-0.2, 0) is 6.42 Å². The lowest BCUT2D eigenvalue weighted by atomic mass is 9.99. The minimum absolute atomic E-state index is 0.115. The molecule has 1 aliphatic rings. The number of hydrogen-bond acceptors (Lipinski definition) is 2. The molecule has 0 aromatic heterocycles. The summed E-state index contributed by atoms with van der Waals surface area (Å²) in [6.07, 6.45) is -1.27. The fraction of sp³-hybridized carbons (Fsp3) is 0.417. The maximum absolute atomic E-state index is 13.5. The van der Waals surface area contributed by atoms with Gasteiger partial charge in [-0.25, -0.2) is 13.6 Å². The summed E-state index contributed by atoms with van der Waals surface area (Å²) < 4.78 is 27.0. The van der Waals surface area contributed by atoms with E-state index >= 15 is 0 Å². The Balaban J connectivity index is 2.23. The molecule has 104 valence electrons.